The number of nitrogens with one attached hydrogen (secondary N) is 1. The van der Waals surface area contributed by atoms with Crippen LogP contribution in [0.2, 0.25) is 0 Å². The van der Waals surface area contributed by atoms with Gasteiger partial charge in [0.2, 0.25) is 0 Å². The van der Waals surface area contributed by atoms with Gasteiger partial charge in [0, 0.05) is 6.54 Å². The van der Waals surface area contributed by atoms with Gasteiger partial charge in [-0.05, 0) is 37.0 Å². The molecule has 1 heterocycles. The number of nitriles is 1. The Morgan fingerprint density at radius 1 is 1.41 bits per heavy atom. The van der Waals surface area contributed by atoms with E-state index >= 15 is 0 Å². The largest absolute Gasteiger partial charge is 0.396 e. The van der Waals surface area contributed by atoms with E-state index in [1.54, 1.807) is 12.1 Å². The van der Waals surface area contributed by atoms with Crippen LogP contribution in [0.4, 0.5) is 11.5 Å². The van der Waals surface area contributed by atoms with E-state index in [2.05, 4.69) is 16.6 Å². The van der Waals surface area contributed by atoms with Crippen molar-refractivity contribution in [1.29, 1.82) is 5.26 Å². The lowest BCUT2D eigenvalue weighted by atomic mass is 10.2. The molecule has 4 nitrogen and oxygen atoms in total. The second-order valence-corrected chi connectivity index (χ2v) is 4.71. The van der Waals surface area contributed by atoms with Gasteiger partial charge in [0.1, 0.15) is 11.9 Å². The van der Waals surface area contributed by atoms with E-state index in [9.17, 15) is 0 Å². The molecule has 0 bridgehead atoms. The summed E-state index contributed by atoms with van der Waals surface area (Å²) in [6.45, 7) is 0.885. The molecule has 3 N–H and O–H groups in total. The summed E-state index contributed by atoms with van der Waals surface area (Å²) in [6.07, 6.45) is 5.71. The van der Waals surface area contributed by atoms with E-state index < -0.39 is 0 Å². The third-order valence-corrected chi connectivity index (χ3v) is 3.06. The molecule has 0 aromatic carbocycles. The first-order chi connectivity index (χ1) is 8.27. The summed E-state index contributed by atoms with van der Waals surface area (Å²) in [7, 11) is 0. The molecule has 17 heavy (non-hydrogen) atoms. The van der Waals surface area contributed by atoms with Crippen LogP contribution in [0.5, 0.6) is 0 Å². The van der Waals surface area contributed by atoms with Crippen LogP contribution in [0.3, 0.4) is 0 Å². The lowest BCUT2D eigenvalue weighted by Crippen LogP contribution is -2.05. The molecular formula is C12H18N4S. The van der Waals surface area contributed by atoms with E-state index in [1.807, 2.05) is 17.8 Å². The first-order valence-electron chi connectivity index (χ1n) is 5.67. The smallest absolute Gasteiger partial charge is 0.165 e. The minimum Gasteiger partial charge on any atom is -0.396 e. The topological polar surface area (TPSA) is 74.7 Å². The Balaban J connectivity index is 2.30. The van der Waals surface area contributed by atoms with Crippen molar-refractivity contribution in [2.45, 2.75) is 19.3 Å². The van der Waals surface area contributed by atoms with Crippen LogP contribution in [0.25, 0.3) is 0 Å². The van der Waals surface area contributed by atoms with Crippen molar-refractivity contribution >= 4 is 23.3 Å². The third kappa shape index (κ3) is 4.96. The number of rotatable bonds is 7. The molecule has 0 atom stereocenters. The highest BCUT2D eigenvalue weighted by atomic mass is 32.2. The Bertz CT molecular complexity index is 387. The van der Waals surface area contributed by atoms with Crippen molar-refractivity contribution in [1.82, 2.24) is 4.98 Å². The molecule has 92 valence electrons. The number of aromatic nitrogens is 1. The van der Waals surface area contributed by atoms with Gasteiger partial charge in [0.25, 0.3) is 0 Å². The number of hydrogen-bond donors (Lipinski definition) is 2. The third-order valence-electron chi connectivity index (χ3n) is 2.36. The molecule has 1 aromatic rings. The van der Waals surface area contributed by atoms with E-state index in [-0.39, 0.29) is 5.69 Å². The number of hydrogen-bond acceptors (Lipinski definition) is 5. The van der Waals surface area contributed by atoms with Crippen molar-refractivity contribution in [3.05, 3.63) is 17.8 Å². The molecule has 0 aliphatic carbocycles. The number of pyridine rings is 1. The molecular weight excluding hydrogens is 232 g/mol. The lowest BCUT2D eigenvalue weighted by Gasteiger charge is -2.06. The zero-order chi connectivity index (χ0) is 12.5. The molecule has 0 fully saturated rings. The quantitative estimate of drug-likeness (QED) is 0.727. The first kappa shape index (κ1) is 13.7. The summed E-state index contributed by atoms with van der Waals surface area (Å²) < 4.78 is 0. The Labute approximate surface area is 107 Å². The fourth-order valence-corrected chi connectivity index (χ4v) is 1.92. The maximum absolute atomic E-state index is 8.79. The number of thioether (sulfide) groups is 1. The molecule has 0 aliphatic rings. The Kier molecular flexibility index (Phi) is 6.26. The summed E-state index contributed by atoms with van der Waals surface area (Å²) in [5.41, 5.74) is 6.31. The maximum atomic E-state index is 8.79. The van der Waals surface area contributed by atoms with Gasteiger partial charge in [-0.25, -0.2) is 4.98 Å². The van der Waals surface area contributed by atoms with Crippen LogP contribution < -0.4 is 11.1 Å². The predicted octanol–water partition coefficient (Wildman–Crippen LogP) is 2.48. The molecule has 0 unspecified atom stereocenters. The normalized spacial score (nSPS) is 9.88. The highest BCUT2D eigenvalue weighted by Crippen LogP contribution is 2.12. The van der Waals surface area contributed by atoms with E-state index in [0.717, 1.165) is 18.8 Å². The second kappa shape index (κ2) is 7.80. The van der Waals surface area contributed by atoms with E-state index in [4.69, 9.17) is 11.0 Å². The summed E-state index contributed by atoms with van der Waals surface area (Å²) in [6, 6.07) is 5.49. The van der Waals surface area contributed by atoms with Gasteiger partial charge in [0.15, 0.2) is 5.69 Å². The van der Waals surface area contributed by atoms with Crippen LogP contribution in [-0.4, -0.2) is 23.5 Å². The molecule has 0 amide bonds. The standard InChI is InChI=1S/C12H18N4S/c1-17-8-4-2-3-7-15-12-6-5-10(14)11(9-13)16-12/h5-6H,2-4,7-8,14H2,1H3,(H,15,16). The Morgan fingerprint density at radius 3 is 2.94 bits per heavy atom. The monoisotopic (exact) mass is 250 g/mol. The molecule has 0 saturated carbocycles. The SMILES string of the molecule is CSCCCCCNc1ccc(N)c(C#N)n1. The van der Waals surface area contributed by atoms with Gasteiger partial charge in [-0.1, -0.05) is 6.42 Å². The summed E-state index contributed by atoms with van der Waals surface area (Å²) >= 11 is 1.88. The molecule has 5 heteroatoms. The number of nitrogens with two attached hydrogens (primary N) is 1. The molecule has 0 spiro atoms. The van der Waals surface area contributed by atoms with Crippen molar-refractivity contribution < 1.29 is 0 Å². The summed E-state index contributed by atoms with van der Waals surface area (Å²) in [4.78, 5) is 4.12. The highest BCUT2D eigenvalue weighted by molar-refractivity contribution is 7.98. The van der Waals surface area contributed by atoms with Crippen LogP contribution in [0.1, 0.15) is 25.0 Å². The Morgan fingerprint density at radius 2 is 2.24 bits per heavy atom. The second-order valence-electron chi connectivity index (χ2n) is 3.73. The van der Waals surface area contributed by atoms with Crippen molar-refractivity contribution in [2.75, 3.05) is 29.6 Å². The minimum atomic E-state index is 0.289. The van der Waals surface area contributed by atoms with Gasteiger partial charge in [0.05, 0.1) is 5.69 Å². The van der Waals surface area contributed by atoms with Crippen LogP contribution in [0, 0.1) is 11.3 Å². The average Bonchev–Trinajstić information content (AvgIpc) is 2.35. The minimum absolute atomic E-state index is 0.289. The van der Waals surface area contributed by atoms with Crippen LogP contribution >= 0.6 is 11.8 Å². The van der Waals surface area contributed by atoms with Gasteiger partial charge >= 0.3 is 0 Å². The Hall–Kier alpha value is -1.41. The van der Waals surface area contributed by atoms with Gasteiger partial charge in [-0.2, -0.15) is 17.0 Å². The van der Waals surface area contributed by atoms with Crippen LogP contribution in [-0.2, 0) is 0 Å². The van der Waals surface area contributed by atoms with Crippen molar-refractivity contribution in [3.63, 3.8) is 0 Å². The van der Waals surface area contributed by atoms with Gasteiger partial charge in [-0.15, -0.1) is 0 Å². The molecule has 1 rings (SSSR count). The highest BCUT2D eigenvalue weighted by Gasteiger charge is 2.01. The zero-order valence-corrected chi connectivity index (χ0v) is 10.9. The molecule has 0 saturated heterocycles. The fraction of sp³-hybridized carbons (Fsp3) is 0.500. The number of anilines is 2. The molecule has 1 aromatic heterocycles. The summed E-state index contributed by atoms with van der Waals surface area (Å²) in [5.74, 6) is 1.94. The van der Waals surface area contributed by atoms with Crippen LogP contribution in [0.15, 0.2) is 12.1 Å². The predicted molar refractivity (Wildman–Crippen MR) is 74.1 cm³/mol. The zero-order valence-electron chi connectivity index (χ0n) is 10.1. The van der Waals surface area contributed by atoms with Gasteiger partial charge in [-0.3, -0.25) is 0 Å². The maximum Gasteiger partial charge on any atom is 0.165 e. The van der Waals surface area contributed by atoms with Gasteiger partial charge < -0.3 is 11.1 Å². The van der Waals surface area contributed by atoms with E-state index in [1.165, 1.54) is 18.6 Å². The number of nitrogens with zero attached hydrogens (tertiary/aromatic N) is 2. The molecule has 0 aliphatic heterocycles. The summed E-state index contributed by atoms with van der Waals surface area (Å²) in [5, 5.41) is 12.0. The lowest BCUT2D eigenvalue weighted by molar-refractivity contribution is 0.748. The number of unbranched alkanes of at least 4 members (excludes halogenated alkanes) is 2. The van der Waals surface area contributed by atoms with Crippen molar-refractivity contribution in [2.24, 2.45) is 0 Å². The fourth-order valence-electron chi connectivity index (χ4n) is 1.42. The average molecular weight is 250 g/mol. The molecule has 0 radical (unpaired) electrons. The first-order valence-corrected chi connectivity index (χ1v) is 7.06. The van der Waals surface area contributed by atoms with E-state index in [0.29, 0.717) is 5.69 Å². The van der Waals surface area contributed by atoms with Crippen molar-refractivity contribution in [3.8, 4) is 6.07 Å². The number of nitrogen functional groups attached to an aromatic ring is 1.